The van der Waals surface area contributed by atoms with Crippen LogP contribution in [-0.2, 0) is 4.79 Å². The summed E-state index contributed by atoms with van der Waals surface area (Å²) in [5, 5.41) is 4.74. The van der Waals surface area contributed by atoms with Gasteiger partial charge < -0.3 is 10.5 Å². The highest BCUT2D eigenvalue weighted by molar-refractivity contribution is 5.78. The topological polar surface area (TPSA) is 70.1 Å². The van der Waals surface area contributed by atoms with Crippen molar-refractivity contribution in [3.8, 4) is 22.7 Å². The van der Waals surface area contributed by atoms with Crippen LogP contribution in [0.5, 0.6) is 5.88 Å². The standard InChI is InChI=1S/C20H21N3O2/c1-13(2)19-18(15-9-11-16(21)12-10-15)20(25-14(3)24)23(22-19)17-7-5-4-6-8-17/h4-13H,21H2,1-3H3. The van der Waals surface area contributed by atoms with Crippen LogP contribution in [0.2, 0.25) is 0 Å². The molecule has 2 N–H and O–H groups in total. The van der Waals surface area contributed by atoms with Gasteiger partial charge in [0.25, 0.3) is 0 Å². The molecule has 5 nitrogen and oxygen atoms in total. The summed E-state index contributed by atoms with van der Waals surface area (Å²) >= 11 is 0. The van der Waals surface area contributed by atoms with E-state index in [4.69, 9.17) is 15.6 Å². The number of hydrogen-bond donors (Lipinski definition) is 1. The molecular weight excluding hydrogens is 314 g/mol. The number of nitrogen functional groups attached to an aromatic ring is 1. The number of aromatic nitrogens is 2. The van der Waals surface area contributed by atoms with Crippen molar-refractivity contribution in [1.29, 1.82) is 0 Å². The van der Waals surface area contributed by atoms with Gasteiger partial charge in [0.2, 0.25) is 5.88 Å². The molecule has 0 fully saturated rings. The van der Waals surface area contributed by atoms with Crippen molar-refractivity contribution in [2.45, 2.75) is 26.7 Å². The Morgan fingerprint density at radius 2 is 1.72 bits per heavy atom. The fraction of sp³-hybridized carbons (Fsp3) is 0.200. The molecule has 0 amide bonds. The molecule has 2 aromatic carbocycles. The van der Waals surface area contributed by atoms with Gasteiger partial charge in [-0.3, -0.25) is 4.79 Å². The Kier molecular flexibility index (Phi) is 4.57. The van der Waals surface area contributed by atoms with Crippen molar-refractivity contribution in [3.05, 3.63) is 60.3 Å². The van der Waals surface area contributed by atoms with Gasteiger partial charge in [0.1, 0.15) is 0 Å². The maximum Gasteiger partial charge on any atom is 0.309 e. The second kappa shape index (κ2) is 6.81. The maximum atomic E-state index is 11.7. The van der Waals surface area contributed by atoms with E-state index in [0.29, 0.717) is 11.6 Å². The van der Waals surface area contributed by atoms with Gasteiger partial charge in [0.15, 0.2) is 0 Å². The van der Waals surface area contributed by atoms with Gasteiger partial charge in [-0.2, -0.15) is 9.78 Å². The zero-order chi connectivity index (χ0) is 18.0. The predicted molar refractivity (Wildman–Crippen MR) is 98.8 cm³/mol. The van der Waals surface area contributed by atoms with E-state index in [9.17, 15) is 4.79 Å². The summed E-state index contributed by atoms with van der Waals surface area (Å²) in [7, 11) is 0. The number of carbonyl (C=O) groups is 1. The lowest BCUT2D eigenvalue weighted by Gasteiger charge is -2.10. The zero-order valence-corrected chi connectivity index (χ0v) is 14.6. The van der Waals surface area contributed by atoms with Crippen LogP contribution < -0.4 is 10.5 Å². The summed E-state index contributed by atoms with van der Waals surface area (Å²) in [5.74, 6) is 0.197. The molecule has 25 heavy (non-hydrogen) atoms. The highest BCUT2D eigenvalue weighted by Gasteiger charge is 2.24. The monoisotopic (exact) mass is 335 g/mol. The number of esters is 1. The molecule has 0 atom stereocenters. The number of para-hydroxylation sites is 1. The molecule has 0 saturated carbocycles. The molecule has 0 aliphatic rings. The highest BCUT2D eigenvalue weighted by Crippen LogP contribution is 2.39. The average molecular weight is 335 g/mol. The molecule has 0 bridgehead atoms. The Bertz CT molecular complexity index is 881. The van der Waals surface area contributed by atoms with Crippen molar-refractivity contribution >= 4 is 11.7 Å². The minimum absolute atomic E-state index is 0.159. The van der Waals surface area contributed by atoms with Crippen LogP contribution in [0.25, 0.3) is 16.8 Å². The average Bonchev–Trinajstić information content (AvgIpc) is 2.95. The van der Waals surface area contributed by atoms with E-state index in [1.54, 1.807) is 4.68 Å². The Morgan fingerprint density at radius 1 is 1.08 bits per heavy atom. The smallest absolute Gasteiger partial charge is 0.309 e. The van der Waals surface area contributed by atoms with Gasteiger partial charge in [-0.15, -0.1) is 0 Å². The molecule has 128 valence electrons. The summed E-state index contributed by atoms with van der Waals surface area (Å²) < 4.78 is 7.26. The van der Waals surface area contributed by atoms with Crippen molar-refractivity contribution in [2.24, 2.45) is 0 Å². The number of nitrogens with two attached hydrogens (primary N) is 1. The molecular formula is C20H21N3O2. The van der Waals surface area contributed by atoms with Gasteiger partial charge in [0, 0.05) is 12.6 Å². The van der Waals surface area contributed by atoms with Crippen LogP contribution in [0.15, 0.2) is 54.6 Å². The quantitative estimate of drug-likeness (QED) is 0.574. The molecule has 0 aliphatic heterocycles. The highest BCUT2D eigenvalue weighted by atomic mass is 16.5. The number of nitrogens with zero attached hydrogens (tertiary/aromatic N) is 2. The molecule has 5 heteroatoms. The van der Waals surface area contributed by atoms with Gasteiger partial charge in [-0.05, 0) is 35.7 Å². The molecule has 3 rings (SSSR count). The third kappa shape index (κ3) is 3.40. The number of benzene rings is 2. The first-order valence-corrected chi connectivity index (χ1v) is 8.20. The van der Waals surface area contributed by atoms with Crippen molar-refractivity contribution in [2.75, 3.05) is 5.73 Å². The molecule has 0 radical (unpaired) electrons. The van der Waals surface area contributed by atoms with Gasteiger partial charge in [0.05, 0.1) is 16.9 Å². The van der Waals surface area contributed by atoms with E-state index >= 15 is 0 Å². The number of rotatable bonds is 4. The minimum atomic E-state index is -0.385. The minimum Gasteiger partial charge on any atom is -0.407 e. The van der Waals surface area contributed by atoms with Gasteiger partial charge in [-0.25, -0.2) is 0 Å². The van der Waals surface area contributed by atoms with Crippen LogP contribution >= 0.6 is 0 Å². The summed E-state index contributed by atoms with van der Waals surface area (Å²) in [6, 6.07) is 17.1. The van der Waals surface area contributed by atoms with E-state index < -0.39 is 0 Å². The van der Waals surface area contributed by atoms with Crippen LogP contribution in [0.1, 0.15) is 32.4 Å². The van der Waals surface area contributed by atoms with Crippen LogP contribution in [0.4, 0.5) is 5.69 Å². The first kappa shape index (κ1) is 16.8. The van der Waals surface area contributed by atoms with Crippen LogP contribution in [0.3, 0.4) is 0 Å². The summed E-state index contributed by atoms with van der Waals surface area (Å²) in [4.78, 5) is 11.7. The Morgan fingerprint density at radius 3 is 2.28 bits per heavy atom. The molecule has 0 spiro atoms. The molecule has 3 aromatic rings. The Hall–Kier alpha value is -3.08. The lowest BCUT2D eigenvalue weighted by Crippen LogP contribution is -2.08. The van der Waals surface area contributed by atoms with Crippen molar-refractivity contribution in [1.82, 2.24) is 9.78 Å². The van der Waals surface area contributed by atoms with E-state index in [-0.39, 0.29) is 11.9 Å². The van der Waals surface area contributed by atoms with Gasteiger partial charge in [-0.1, -0.05) is 44.2 Å². The van der Waals surface area contributed by atoms with E-state index in [2.05, 4.69) is 13.8 Å². The van der Waals surface area contributed by atoms with Gasteiger partial charge >= 0.3 is 5.97 Å². The number of hydrogen-bond acceptors (Lipinski definition) is 4. The molecule has 1 aromatic heterocycles. The zero-order valence-electron chi connectivity index (χ0n) is 14.6. The summed E-state index contributed by atoms with van der Waals surface area (Å²) in [5.41, 5.74) is 9.92. The molecule has 0 aliphatic carbocycles. The van der Waals surface area contributed by atoms with Crippen molar-refractivity contribution in [3.63, 3.8) is 0 Å². The predicted octanol–water partition coefficient (Wildman–Crippen LogP) is 4.17. The number of anilines is 1. The van der Waals surface area contributed by atoms with Crippen LogP contribution in [-0.4, -0.2) is 15.7 Å². The third-order valence-corrected chi connectivity index (χ3v) is 3.86. The normalized spacial score (nSPS) is 10.9. The Labute approximate surface area is 147 Å². The number of carbonyl (C=O) groups excluding carboxylic acids is 1. The molecule has 0 saturated heterocycles. The lowest BCUT2D eigenvalue weighted by atomic mass is 9.99. The number of ether oxygens (including phenoxy) is 1. The molecule has 1 heterocycles. The van der Waals surface area contributed by atoms with Crippen LogP contribution in [0, 0.1) is 0 Å². The second-order valence-electron chi connectivity index (χ2n) is 6.18. The van der Waals surface area contributed by atoms with E-state index in [0.717, 1.165) is 22.5 Å². The SMILES string of the molecule is CC(=O)Oc1c(-c2ccc(N)cc2)c(C(C)C)nn1-c1ccccc1. The van der Waals surface area contributed by atoms with E-state index in [1.165, 1.54) is 6.92 Å². The first-order valence-electron chi connectivity index (χ1n) is 8.20. The largest absolute Gasteiger partial charge is 0.407 e. The maximum absolute atomic E-state index is 11.7. The summed E-state index contributed by atoms with van der Waals surface area (Å²) in [6.45, 7) is 5.52. The van der Waals surface area contributed by atoms with Crippen molar-refractivity contribution < 1.29 is 9.53 Å². The fourth-order valence-corrected chi connectivity index (χ4v) is 2.72. The Balaban J connectivity index is 2.28. The summed E-state index contributed by atoms with van der Waals surface area (Å²) in [6.07, 6.45) is 0. The lowest BCUT2D eigenvalue weighted by molar-refractivity contribution is -0.132. The third-order valence-electron chi connectivity index (χ3n) is 3.86. The first-order chi connectivity index (χ1) is 12.0. The molecule has 0 unspecified atom stereocenters. The van der Waals surface area contributed by atoms with E-state index in [1.807, 2.05) is 54.6 Å². The fourth-order valence-electron chi connectivity index (χ4n) is 2.72. The second-order valence-corrected chi connectivity index (χ2v) is 6.18.